The molecule has 0 unspecified atom stereocenters. The molecule has 6 heteroatoms. The fourth-order valence-corrected chi connectivity index (χ4v) is 1.81. The summed E-state index contributed by atoms with van der Waals surface area (Å²) in [6.07, 6.45) is 1.43. The van der Waals surface area contributed by atoms with Crippen LogP contribution in [0.3, 0.4) is 0 Å². The molecule has 0 aliphatic carbocycles. The van der Waals surface area contributed by atoms with Crippen molar-refractivity contribution in [2.24, 2.45) is 0 Å². The van der Waals surface area contributed by atoms with Crippen LogP contribution in [0.2, 0.25) is 0 Å². The van der Waals surface area contributed by atoms with Crippen molar-refractivity contribution in [1.29, 1.82) is 0 Å². The molecule has 0 fully saturated rings. The number of benzene rings is 1. The number of carbonyl (C=O) groups is 1. The fourth-order valence-electron chi connectivity index (χ4n) is 1.40. The summed E-state index contributed by atoms with van der Waals surface area (Å²) in [5.41, 5.74) is 9.20. The number of nitrogens with one attached hydrogen (secondary N) is 1. The van der Waals surface area contributed by atoms with Crippen LogP contribution in [0.15, 0.2) is 18.3 Å². The average molecular weight is 248 g/mol. The monoisotopic (exact) mass is 248 g/mol. The zero-order valence-corrected chi connectivity index (χ0v) is 10.3. The van der Waals surface area contributed by atoms with E-state index in [0.717, 1.165) is 22.7 Å². The van der Waals surface area contributed by atoms with Crippen molar-refractivity contribution in [3.63, 3.8) is 0 Å². The molecule has 0 radical (unpaired) electrons. The largest absolute Gasteiger partial charge is 0.397 e. The topological polar surface area (TPSA) is 80.9 Å². The molecule has 5 nitrogen and oxygen atoms in total. The minimum absolute atomic E-state index is 0.241. The number of hydrogen-bond acceptors (Lipinski definition) is 5. The third-order valence-corrected chi connectivity index (χ3v) is 3.16. The predicted molar refractivity (Wildman–Crippen MR) is 68.2 cm³/mol. The molecular formula is C11H12N4OS. The third kappa shape index (κ3) is 2.42. The zero-order chi connectivity index (χ0) is 12.4. The summed E-state index contributed by atoms with van der Waals surface area (Å²) >= 11 is 1.05. The standard InChI is InChI=1S/C11H12N4OS/c1-6-3-8(12)9(4-7(6)2)14-11(16)10-5-13-15-17-10/h3-5H,12H2,1-2H3,(H,14,16). The number of rotatable bonds is 2. The van der Waals surface area contributed by atoms with Crippen molar-refractivity contribution < 1.29 is 4.79 Å². The van der Waals surface area contributed by atoms with Gasteiger partial charge in [-0.15, -0.1) is 5.10 Å². The third-order valence-electron chi connectivity index (χ3n) is 2.50. The van der Waals surface area contributed by atoms with Crippen molar-refractivity contribution in [3.8, 4) is 0 Å². The minimum Gasteiger partial charge on any atom is -0.397 e. The summed E-state index contributed by atoms with van der Waals surface area (Å²) in [4.78, 5) is 12.2. The first-order chi connectivity index (χ1) is 8.08. The van der Waals surface area contributed by atoms with Gasteiger partial charge < -0.3 is 11.1 Å². The van der Waals surface area contributed by atoms with Crippen molar-refractivity contribution in [2.75, 3.05) is 11.1 Å². The first kappa shape index (κ1) is 11.5. The second kappa shape index (κ2) is 4.50. The number of anilines is 2. The van der Waals surface area contributed by atoms with Crippen molar-refractivity contribution in [1.82, 2.24) is 9.59 Å². The van der Waals surface area contributed by atoms with Crippen LogP contribution < -0.4 is 11.1 Å². The second-order valence-electron chi connectivity index (χ2n) is 3.76. The molecular weight excluding hydrogens is 236 g/mol. The Morgan fingerprint density at radius 3 is 2.71 bits per heavy atom. The van der Waals surface area contributed by atoms with Crippen LogP contribution in [-0.4, -0.2) is 15.5 Å². The van der Waals surface area contributed by atoms with Gasteiger partial charge in [0.05, 0.1) is 17.6 Å². The lowest BCUT2D eigenvalue weighted by Gasteiger charge is -2.10. The Bertz CT molecular complexity index is 551. The SMILES string of the molecule is Cc1cc(N)c(NC(=O)c2cnns2)cc1C. The van der Waals surface area contributed by atoms with Gasteiger partial charge in [0.1, 0.15) is 4.88 Å². The maximum atomic E-state index is 11.8. The highest BCUT2D eigenvalue weighted by Gasteiger charge is 2.11. The number of aromatic nitrogens is 2. The number of hydrogen-bond donors (Lipinski definition) is 2. The van der Waals surface area contributed by atoms with E-state index in [9.17, 15) is 4.79 Å². The highest BCUT2D eigenvalue weighted by Crippen LogP contribution is 2.23. The van der Waals surface area contributed by atoms with Gasteiger partial charge in [-0.25, -0.2) is 0 Å². The maximum absolute atomic E-state index is 11.8. The van der Waals surface area contributed by atoms with Gasteiger partial charge in [0.25, 0.3) is 5.91 Å². The summed E-state index contributed by atoms with van der Waals surface area (Å²) in [6, 6.07) is 3.70. The molecule has 17 heavy (non-hydrogen) atoms. The van der Waals surface area contributed by atoms with E-state index in [4.69, 9.17) is 5.73 Å². The summed E-state index contributed by atoms with van der Waals surface area (Å²) in [7, 11) is 0. The smallest absolute Gasteiger partial charge is 0.269 e. The van der Waals surface area contributed by atoms with Gasteiger partial charge in [0, 0.05) is 0 Å². The summed E-state index contributed by atoms with van der Waals surface area (Å²) in [6.45, 7) is 3.95. The Morgan fingerprint density at radius 2 is 2.06 bits per heavy atom. The summed E-state index contributed by atoms with van der Waals surface area (Å²) < 4.78 is 3.64. The average Bonchev–Trinajstić information content (AvgIpc) is 2.79. The molecule has 88 valence electrons. The molecule has 3 N–H and O–H groups in total. The molecule has 0 aliphatic heterocycles. The van der Waals surface area contributed by atoms with Gasteiger partial charge in [-0.05, 0) is 48.6 Å². The number of nitrogens with zero attached hydrogens (tertiary/aromatic N) is 2. The Morgan fingerprint density at radius 1 is 1.35 bits per heavy atom. The molecule has 1 aromatic heterocycles. The molecule has 2 aromatic rings. The van der Waals surface area contributed by atoms with Crippen LogP contribution in [0.25, 0.3) is 0 Å². The summed E-state index contributed by atoms with van der Waals surface area (Å²) in [5, 5.41) is 6.36. The normalized spacial score (nSPS) is 10.2. The van der Waals surface area contributed by atoms with E-state index in [0.29, 0.717) is 16.3 Å². The van der Waals surface area contributed by atoms with E-state index in [1.165, 1.54) is 6.20 Å². The molecule has 1 heterocycles. The summed E-state index contributed by atoms with van der Waals surface area (Å²) in [5.74, 6) is -0.241. The molecule has 0 bridgehead atoms. The zero-order valence-electron chi connectivity index (χ0n) is 9.52. The highest BCUT2D eigenvalue weighted by atomic mass is 32.1. The molecule has 1 amide bonds. The van der Waals surface area contributed by atoms with Gasteiger partial charge in [0.15, 0.2) is 0 Å². The molecule has 1 aromatic carbocycles. The van der Waals surface area contributed by atoms with Crippen molar-refractivity contribution in [2.45, 2.75) is 13.8 Å². The number of aryl methyl sites for hydroxylation is 2. The lowest BCUT2D eigenvalue weighted by Crippen LogP contribution is -2.12. The number of amides is 1. The van der Waals surface area contributed by atoms with Gasteiger partial charge in [-0.3, -0.25) is 4.79 Å². The van der Waals surface area contributed by atoms with Crippen molar-refractivity contribution >= 4 is 28.8 Å². The first-order valence-electron chi connectivity index (χ1n) is 5.03. The lowest BCUT2D eigenvalue weighted by molar-refractivity contribution is 0.103. The van der Waals surface area contributed by atoms with E-state index in [-0.39, 0.29) is 5.91 Å². The molecule has 0 spiro atoms. The van der Waals surface area contributed by atoms with E-state index >= 15 is 0 Å². The molecule has 0 atom stereocenters. The maximum Gasteiger partial charge on any atom is 0.269 e. The second-order valence-corrected chi connectivity index (χ2v) is 4.55. The number of nitrogen functional groups attached to an aromatic ring is 1. The van der Waals surface area contributed by atoms with E-state index in [1.54, 1.807) is 0 Å². The first-order valence-corrected chi connectivity index (χ1v) is 5.80. The van der Waals surface area contributed by atoms with E-state index < -0.39 is 0 Å². The lowest BCUT2D eigenvalue weighted by atomic mass is 10.1. The quantitative estimate of drug-likeness (QED) is 0.796. The minimum atomic E-state index is -0.241. The Kier molecular flexibility index (Phi) is 3.06. The highest BCUT2D eigenvalue weighted by molar-refractivity contribution is 7.07. The van der Waals surface area contributed by atoms with E-state index in [1.807, 2.05) is 26.0 Å². The molecule has 0 aliphatic rings. The van der Waals surface area contributed by atoms with Gasteiger partial charge >= 0.3 is 0 Å². The van der Waals surface area contributed by atoms with Gasteiger partial charge in [-0.1, -0.05) is 4.49 Å². The van der Waals surface area contributed by atoms with E-state index in [2.05, 4.69) is 14.9 Å². The Hall–Kier alpha value is -1.95. The van der Waals surface area contributed by atoms with Crippen LogP contribution in [0.4, 0.5) is 11.4 Å². The molecule has 2 rings (SSSR count). The van der Waals surface area contributed by atoms with Crippen LogP contribution in [0, 0.1) is 13.8 Å². The van der Waals surface area contributed by atoms with Crippen LogP contribution in [0.5, 0.6) is 0 Å². The predicted octanol–water partition coefficient (Wildman–Crippen LogP) is 1.99. The molecule has 0 saturated carbocycles. The van der Waals surface area contributed by atoms with Crippen molar-refractivity contribution in [3.05, 3.63) is 34.3 Å². The van der Waals surface area contributed by atoms with Gasteiger partial charge in [-0.2, -0.15) is 0 Å². The number of carbonyl (C=O) groups excluding carboxylic acids is 1. The van der Waals surface area contributed by atoms with Crippen LogP contribution in [0.1, 0.15) is 20.8 Å². The fraction of sp³-hybridized carbons (Fsp3) is 0.182. The van der Waals surface area contributed by atoms with Gasteiger partial charge in [0.2, 0.25) is 0 Å². The Balaban J connectivity index is 2.25. The molecule has 0 saturated heterocycles. The number of nitrogens with two attached hydrogens (primary N) is 1. The Labute approximate surface area is 103 Å². The van der Waals surface area contributed by atoms with Crippen LogP contribution >= 0.6 is 11.5 Å². The van der Waals surface area contributed by atoms with Crippen LogP contribution in [-0.2, 0) is 0 Å².